The molecule has 2 aliphatic carbocycles. The van der Waals surface area contributed by atoms with Crippen LogP contribution in [0.25, 0.3) is 22.3 Å². The number of allylic oxidation sites excluding steroid dienone is 4. The topological polar surface area (TPSA) is 18.5 Å². The summed E-state index contributed by atoms with van der Waals surface area (Å²) >= 11 is 0. The van der Waals surface area contributed by atoms with Gasteiger partial charge in [-0.05, 0) is 68.3 Å². The molecular weight excluding hydrogens is 645 g/mol. The van der Waals surface area contributed by atoms with Crippen LogP contribution >= 0.6 is 0 Å². The van der Waals surface area contributed by atoms with Crippen molar-refractivity contribution in [2.75, 3.05) is 0 Å². The number of ether oxygens (including phenoxy) is 2. The molecule has 0 saturated carbocycles. The summed E-state index contributed by atoms with van der Waals surface area (Å²) < 4.78 is 13.6. The average Bonchev–Trinajstić information content (AvgIpc) is 3.55. The molecule has 7 aromatic carbocycles. The first kappa shape index (κ1) is 31.4. The van der Waals surface area contributed by atoms with Crippen LogP contribution in [-0.2, 0) is 5.41 Å². The summed E-state index contributed by atoms with van der Waals surface area (Å²) in [5, 5.41) is 0. The summed E-state index contributed by atoms with van der Waals surface area (Å²) in [6.45, 7) is 2.27. The summed E-state index contributed by atoms with van der Waals surface area (Å²) in [7, 11) is 0. The van der Waals surface area contributed by atoms with Gasteiger partial charge < -0.3 is 9.47 Å². The molecule has 0 bridgehead atoms. The molecule has 2 heteroatoms. The fourth-order valence-corrected chi connectivity index (χ4v) is 9.01. The Morgan fingerprint density at radius 3 is 1.64 bits per heavy atom. The van der Waals surface area contributed by atoms with Crippen LogP contribution in [-0.4, -0.2) is 0 Å². The van der Waals surface area contributed by atoms with E-state index in [9.17, 15) is 0 Å². The molecular formula is C51H38O2. The van der Waals surface area contributed by atoms with E-state index < -0.39 is 0 Å². The molecule has 3 aliphatic rings. The summed E-state index contributed by atoms with van der Waals surface area (Å²) in [6, 6.07) is 61.0. The van der Waals surface area contributed by atoms with Crippen LogP contribution in [0.5, 0.6) is 23.0 Å². The summed E-state index contributed by atoms with van der Waals surface area (Å²) in [5.74, 6) is 3.66. The molecule has 2 nitrogen and oxygen atoms in total. The van der Waals surface area contributed by atoms with Gasteiger partial charge in [0, 0.05) is 23.3 Å². The van der Waals surface area contributed by atoms with Crippen molar-refractivity contribution in [1.29, 1.82) is 0 Å². The molecule has 0 amide bonds. The van der Waals surface area contributed by atoms with Crippen molar-refractivity contribution >= 4 is 0 Å². The molecule has 3 unspecified atom stereocenters. The van der Waals surface area contributed by atoms with Gasteiger partial charge in [0.05, 0.1) is 5.41 Å². The maximum atomic E-state index is 6.88. The first-order chi connectivity index (χ1) is 26.2. The lowest BCUT2D eigenvalue weighted by atomic mass is 9.63. The van der Waals surface area contributed by atoms with Crippen LogP contribution in [0, 0.1) is 5.92 Å². The second kappa shape index (κ2) is 12.7. The van der Waals surface area contributed by atoms with Gasteiger partial charge in [0.1, 0.15) is 0 Å². The van der Waals surface area contributed by atoms with E-state index in [2.05, 4.69) is 201 Å². The predicted molar refractivity (Wildman–Crippen MR) is 215 cm³/mol. The monoisotopic (exact) mass is 682 g/mol. The van der Waals surface area contributed by atoms with E-state index >= 15 is 0 Å². The van der Waals surface area contributed by atoms with E-state index in [1.807, 2.05) is 0 Å². The molecule has 1 aliphatic heterocycles. The minimum Gasteiger partial charge on any atom is -0.449 e. The Morgan fingerprint density at radius 2 is 1.00 bits per heavy atom. The third-order valence-corrected chi connectivity index (χ3v) is 11.6. The first-order valence-electron chi connectivity index (χ1n) is 18.6. The standard InChI is InChI=1S/C51H38O2/c1-34(35-21-25-38(26-22-35)37-13-5-2-6-14-37)36-23-27-39(28-24-36)40-29-31-46-48(33-40)52-47-32-30-45-49(50(47)53-46)43-19-11-12-20-44(43)51(45,41-15-7-3-8-16-41)42-17-9-4-10-18-42/h2-34,43-44H,1H3. The molecule has 10 rings (SSSR count). The molecule has 0 spiro atoms. The molecule has 0 saturated heterocycles. The van der Waals surface area contributed by atoms with E-state index in [1.54, 1.807) is 0 Å². The van der Waals surface area contributed by atoms with Crippen molar-refractivity contribution in [2.24, 2.45) is 5.92 Å². The Morgan fingerprint density at radius 1 is 0.472 bits per heavy atom. The molecule has 0 radical (unpaired) electrons. The summed E-state index contributed by atoms with van der Waals surface area (Å²) in [6.07, 6.45) is 9.09. The maximum Gasteiger partial charge on any atom is 0.174 e. The van der Waals surface area contributed by atoms with Crippen LogP contribution in [0.4, 0.5) is 0 Å². The largest absolute Gasteiger partial charge is 0.449 e. The molecule has 0 aromatic heterocycles. The summed E-state index contributed by atoms with van der Waals surface area (Å²) in [5.41, 5.74) is 12.0. The highest BCUT2D eigenvalue weighted by atomic mass is 16.6. The predicted octanol–water partition coefficient (Wildman–Crippen LogP) is 13.2. The molecule has 53 heavy (non-hydrogen) atoms. The molecule has 1 heterocycles. The van der Waals surface area contributed by atoms with Gasteiger partial charge in [-0.15, -0.1) is 0 Å². The zero-order valence-electron chi connectivity index (χ0n) is 29.5. The summed E-state index contributed by atoms with van der Waals surface area (Å²) in [4.78, 5) is 0. The minimum absolute atomic E-state index is 0.137. The Balaban J connectivity index is 0.962. The molecule has 0 N–H and O–H groups in total. The van der Waals surface area contributed by atoms with E-state index in [0.717, 1.165) is 34.1 Å². The number of rotatable bonds is 6. The lowest BCUT2D eigenvalue weighted by Crippen LogP contribution is -2.34. The lowest BCUT2D eigenvalue weighted by molar-refractivity contribution is 0.355. The van der Waals surface area contributed by atoms with Crippen molar-refractivity contribution in [3.8, 4) is 45.3 Å². The smallest absolute Gasteiger partial charge is 0.174 e. The van der Waals surface area contributed by atoms with Crippen LogP contribution in [0.15, 0.2) is 194 Å². The molecule has 3 atom stereocenters. The van der Waals surface area contributed by atoms with Gasteiger partial charge in [0.25, 0.3) is 0 Å². The third kappa shape index (κ3) is 5.09. The fraction of sp³-hybridized carbons (Fsp3) is 0.0980. The Kier molecular flexibility index (Phi) is 7.51. The van der Waals surface area contributed by atoms with E-state index in [0.29, 0.717) is 0 Å². The van der Waals surface area contributed by atoms with Crippen molar-refractivity contribution < 1.29 is 9.47 Å². The lowest BCUT2D eigenvalue weighted by Gasteiger charge is -2.38. The van der Waals surface area contributed by atoms with Crippen LogP contribution in [0.2, 0.25) is 0 Å². The van der Waals surface area contributed by atoms with E-state index in [-0.39, 0.29) is 23.2 Å². The maximum absolute atomic E-state index is 6.88. The number of benzene rings is 7. The molecule has 254 valence electrons. The molecule has 0 fully saturated rings. The Labute approximate surface area is 311 Å². The second-order valence-corrected chi connectivity index (χ2v) is 14.4. The minimum atomic E-state index is -0.373. The van der Waals surface area contributed by atoms with Gasteiger partial charge >= 0.3 is 0 Å². The van der Waals surface area contributed by atoms with Crippen molar-refractivity contribution in [2.45, 2.75) is 24.2 Å². The Bertz CT molecular complexity index is 2460. The van der Waals surface area contributed by atoms with Crippen LogP contribution < -0.4 is 9.47 Å². The first-order valence-corrected chi connectivity index (χ1v) is 18.6. The van der Waals surface area contributed by atoms with E-state index in [1.165, 1.54) is 44.5 Å². The van der Waals surface area contributed by atoms with Gasteiger partial charge in [0.15, 0.2) is 23.0 Å². The average molecular weight is 683 g/mol. The second-order valence-electron chi connectivity index (χ2n) is 14.4. The zero-order chi connectivity index (χ0) is 35.4. The van der Waals surface area contributed by atoms with Gasteiger partial charge in [0.2, 0.25) is 0 Å². The van der Waals surface area contributed by atoms with Crippen LogP contribution in [0.3, 0.4) is 0 Å². The van der Waals surface area contributed by atoms with Gasteiger partial charge in [-0.2, -0.15) is 0 Å². The highest BCUT2D eigenvalue weighted by Crippen LogP contribution is 2.64. The fourth-order valence-electron chi connectivity index (χ4n) is 9.01. The SMILES string of the molecule is CC(c1ccc(-c2ccccc2)cc1)c1ccc(-c2ccc3c(c2)Oc2ccc4c(c2O3)C2C=CC=CC2C4(c2ccccc2)c2ccccc2)cc1. The number of fused-ring (bicyclic) bond motifs is 6. The van der Waals surface area contributed by atoms with Crippen molar-refractivity contribution in [3.63, 3.8) is 0 Å². The normalized spacial score (nSPS) is 17.8. The highest BCUT2D eigenvalue weighted by molar-refractivity contribution is 5.73. The van der Waals surface area contributed by atoms with Crippen molar-refractivity contribution in [3.05, 3.63) is 228 Å². The third-order valence-electron chi connectivity index (χ3n) is 11.6. The molecule has 7 aromatic rings. The van der Waals surface area contributed by atoms with E-state index in [4.69, 9.17) is 9.47 Å². The number of hydrogen-bond acceptors (Lipinski definition) is 2. The number of hydrogen-bond donors (Lipinski definition) is 0. The quantitative estimate of drug-likeness (QED) is 0.174. The van der Waals surface area contributed by atoms with Gasteiger partial charge in [-0.1, -0.05) is 183 Å². The van der Waals surface area contributed by atoms with Crippen LogP contribution in [0.1, 0.15) is 52.1 Å². The van der Waals surface area contributed by atoms with Crippen molar-refractivity contribution in [1.82, 2.24) is 0 Å². The zero-order valence-corrected chi connectivity index (χ0v) is 29.5. The Hall–Kier alpha value is -6.38. The highest BCUT2D eigenvalue weighted by Gasteiger charge is 2.54. The van der Waals surface area contributed by atoms with Gasteiger partial charge in [-0.3, -0.25) is 0 Å². The van der Waals surface area contributed by atoms with Gasteiger partial charge in [-0.25, -0.2) is 0 Å².